The zero-order valence-electron chi connectivity index (χ0n) is 7.24. The summed E-state index contributed by atoms with van der Waals surface area (Å²) in [4.78, 5) is 12.4. The third-order valence-corrected chi connectivity index (χ3v) is 1.97. The van der Waals surface area contributed by atoms with Crippen LogP contribution in [-0.4, -0.2) is 36.4 Å². The van der Waals surface area contributed by atoms with Crippen LogP contribution in [0.3, 0.4) is 0 Å². The van der Waals surface area contributed by atoms with Gasteiger partial charge in [-0.2, -0.15) is 0 Å². The number of hydrogen-bond donors (Lipinski definition) is 1. The van der Waals surface area contributed by atoms with Crippen molar-refractivity contribution in [2.75, 3.05) is 13.1 Å². The average molecular weight is 215 g/mol. The predicted molar refractivity (Wildman–Crippen MR) is 47.0 cm³/mol. The zero-order valence-corrected chi connectivity index (χ0v) is 8.06. The molecule has 2 N–H and O–H groups in total. The highest BCUT2D eigenvalue weighted by atomic mass is 35.5. The number of hydrogen-bond acceptors (Lipinski definition) is 2. The normalized spacial score (nSPS) is 19.3. The molecule has 0 aromatic carbocycles. The largest absolute Gasteiger partial charge is 0.340 e. The summed E-state index contributed by atoms with van der Waals surface area (Å²) in [5.41, 5.74) is 5.29. The number of nitrogens with two attached hydrogens (primary N) is 1. The predicted octanol–water partition coefficient (Wildman–Crippen LogP) is 0.479. The molecule has 0 radical (unpaired) electrons. The molecule has 1 fully saturated rings. The molecule has 0 unspecified atom stereocenters. The van der Waals surface area contributed by atoms with Crippen LogP contribution in [0.2, 0.25) is 0 Å². The summed E-state index contributed by atoms with van der Waals surface area (Å²) in [6, 6.07) is -0.580. The Kier molecular flexibility index (Phi) is 4.56. The lowest BCUT2D eigenvalue weighted by molar-refractivity contribution is -0.142. The van der Waals surface area contributed by atoms with Gasteiger partial charge in [0.15, 0.2) is 0 Å². The van der Waals surface area contributed by atoms with Crippen molar-refractivity contribution < 1.29 is 13.6 Å². The Morgan fingerprint density at radius 3 is 2.31 bits per heavy atom. The molecule has 6 heteroatoms. The number of carbonyl (C=O) groups is 1. The maximum atomic E-state index is 11.9. The first-order valence-corrected chi connectivity index (χ1v) is 3.85. The minimum Gasteiger partial charge on any atom is -0.340 e. The fraction of sp³-hybridized carbons (Fsp3) is 0.857. The number of carbonyl (C=O) groups excluding carboxylic acids is 1. The number of likely N-dealkylation sites (tertiary alicyclic amines) is 1. The Morgan fingerprint density at radius 1 is 1.54 bits per heavy atom. The van der Waals surface area contributed by atoms with Crippen LogP contribution >= 0.6 is 12.4 Å². The van der Waals surface area contributed by atoms with Gasteiger partial charge in [-0.15, -0.1) is 12.4 Å². The van der Waals surface area contributed by atoms with Gasteiger partial charge in [-0.25, -0.2) is 8.78 Å². The van der Waals surface area contributed by atoms with Crippen molar-refractivity contribution in [1.82, 2.24) is 4.90 Å². The first-order chi connectivity index (χ1) is 5.52. The van der Waals surface area contributed by atoms with Gasteiger partial charge in [-0.05, 0) is 6.92 Å². The fourth-order valence-electron chi connectivity index (χ4n) is 1.14. The third kappa shape index (κ3) is 2.77. The molecule has 78 valence electrons. The molecule has 13 heavy (non-hydrogen) atoms. The fourth-order valence-corrected chi connectivity index (χ4v) is 1.14. The molecule has 0 spiro atoms. The summed E-state index contributed by atoms with van der Waals surface area (Å²) in [6.07, 6.45) is -2.32. The summed E-state index contributed by atoms with van der Waals surface area (Å²) in [7, 11) is 0. The van der Waals surface area contributed by atoms with Crippen molar-refractivity contribution in [3.8, 4) is 0 Å². The number of amides is 1. The molecular weight excluding hydrogens is 202 g/mol. The Hall–Kier alpha value is -0.420. The summed E-state index contributed by atoms with van der Waals surface area (Å²) >= 11 is 0. The second-order valence-electron chi connectivity index (χ2n) is 3.13. The molecule has 0 bridgehead atoms. The Bertz CT molecular complexity index is 183. The minimum atomic E-state index is -2.32. The van der Waals surface area contributed by atoms with Crippen LogP contribution < -0.4 is 5.73 Å². The number of alkyl halides is 2. The van der Waals surface area contributed by atoms with Gasteiger partial charge in [-0.3, -0.25) is 4.79 Å². The van der Waals surface area contributed by atoms with E-state index in [0.717, 1.165) is 0 Å². The van der Waals surface area contributed by atoms with Crippen LogP contribution in [-0.2, 0) is 4.79 Å². The van der Waals surface area contributed by atoms with Crippen LogP contribution in [0.1, 0.15) is 6.92 Å². The first-order valence-electron chi connectivity index (χ1n) is 3.85. The van der Waals surface area contributed by atoms with E-state index in [1.165, 1.54) is 4.90 Å². The summed E-state index contributed by atoms with van der Waals surface area (Å²) < 4.78 is 23.9. The minimum absolute atomic E-state index is 0. The van der Waals surface area contributed by atoms with Gasteiger partial charge in [0, 0.05) is 13.1 Å². The van der Waals surface area contributed by atoms with Crippen molar-refractivity contribution in [2.24, 2.45) is 11.7 Å². The molecule has 1 atom stereocenters. The maximum Gasteiger partial charge on any atom is 0.244 e. The van der Waals surface area contributed by atoms with E-state index >= 15 is 0 Å². The molecule has 1 amide bonds. The van der Waals surface area contributed by atoms with E-state index in [-0.39, 0.29) is 31.4 Å². The third-order valence-electron chi connectivity index (χ3n) is 1.97. The van der Waals surface area contributed by atoms with E-state index in [1.807, 2.05) is 0 Å². The van der Waals surface area contributed by atoms with Crippen LogP contribution in [0, 0.1) is 5.92 Å². The van der Waals surface area contributed by atoms with Gasteiger partial charge >= 0.3 is 0 Å². The lowest BCUT2D eigenvalue weighted by Crippen LogP contribution is -2.56. The Morgan fingerprint density at radius 2 is 2.00 bits per heavy atom. The van der Waals surface area contributed by atoms with Gasteiger partial charge in [0.2, 0.25) is 12.3 Å². The summed E-state index contributed by atoms with van der Waals surface area (Å²) in [5.74, 6) is -0.889. The molecule has 0 aromatic rings. The van der Waals surface area contributed by atoms with E-state index in [2.05, 4.69) is 0 Å². The molecule has 1 aliphatic heterocycles. The number of nitrogens with zero attached hydrogens (tertiary/aromatic N) is 1. The SMILES string of the molecule is C[C@@H](N)C(=O)N1CC(C(F)F)C1.Cl. The van der Waals surface area contributed by atoms with Crippen LogP contribution in [0.25, 0.3) is 0 Å². The van der Waals surface area contributed by atoms with Crippen LogP contribution in [0.15, 0.2) is 0 Å². The molecule has 1 aliphatic rings. The van der Waals surface area contributed by atoms with E-state index in [9.17, 15) is 13.6 Å². The molecular formula is C7H13ClF2N2O. The lowest BCUT2D eigenvalue weighted by Gasteiger charge is -2.39. The summed E-state index contributed by atoms with van der Waals surface area (Å²) in [5, 5.41) is 0. The molecule has 0 aromatic heterocycles. The lowest BCUT2D eigenvalue weighted by atomic mass is 10.00. The molecule has 1 rings (SSSR count). The highest BCUT2D eigenvalue weighted by molar-refractivity contribution is 5.85. The van der Waals surface area contributed by atoms with Gasteiger partial charge in [-0.1, -0.05) is 0 Å². The molecule has 3 nitrogen and oxygen atoms in total. The molecule has 1 saturated heterocycles. The highest BCUT2D eigenvalue weighted by Gasteiger charge is 2.37. The summed E-state index contributed by atoms with van der Waals surface area (Å²) in [6.45, 7) is 1.86. The van der Waals surface area contributed by atoms with Crippen molar-refractivity contribution in [2.45, 2.75) is 19.4 Å². The Balaban J connectivity index is 0.00000144. The van der Waals surface area contributed by atoms with E-state index in [0.29, 0.717) is 0 Å². The highest BCUT2D eigenvalue weighted by Crippen LogP contribution is 2.22. The van der Waals surface area contributed by atoms with E-state index in [1.54, 1.807) is 6.92 Å². The zero-order chi connectivity index (χ0) is 9.30. The number of rotatable bonds is 2. The molecule has 0 saturated carbocycles. The van der Waals surface area contributed by atoms with Gasteiger partial charge < -0.3 is 10.6 Å². The second-order valence-corrected chi connectivity index (χ2v) is 3.13. The quantitative estimate of drug-likeness (QED) is 0.727. The maximum absolute atomic E-state index is 11.9. The average Bonchev–Trinajstić information content (AvgIpc) is 1.82. The molecule has 1 heterocycles. The first kappa shape index (κ1) is 12.6. The van der Waals surface area contributed by atoms with Crippen molar-refractivity contribution in [1.29, 1.82) is 0 Å². The van der Waals surface area contributed by atoms with Gasteiger partial charge in [0.05, 0.1) is 12.0 Å². The van der Waals surface area contributed by atoms with E-state index < -0.39 is 18.4 Å². The van der Waals surface area contributed by atoms with E-state index in [4.69, 9.17) is 5.73 Å². The second kappa shape index (κ2) is 4.72. The van der Waals surface area contributed by atoms with Crippen LogP contribution in [0.4, 0.5) is 8.78 Å². The van der Waals surface area contributed by atoms with Gasteiger partial charge in [0.25, 0.3) is 0 Å². The monoisotopic (exact) mass is 214 g/mol. The topological polar surface area (TPSA) is 46.3 Å². The van der Waals surface area contributed by atoms with Crippen molar-refractivity contribution in [3.05, 3.63) is 0 Å². The standard InChI is InChI=1S/C7H12F2N2O.ClH/c1-4(10)7(12)11-2-5(3-11)6(8)9;/h4-6H,2-3,10H2,1H3;1H/t4-;/m1./s1. The Labute approximate surface area is 81.7 Å². The molecule has 0 aliphatic carbocycles. The van der Waals surface area contributed by atoms with Crippen molar-refractivity contribution in [3.63, 3.8) is 0 Å². The van der Waals surface area contributed by atoms with Crippen LogP contribution in [0.5, 0.6) is 0 Å². The number of halogens is 3. The smallest absolute Gasteiger partial charge is 0.244 e. The van der Waals surface area contributed by atoms with Gasteiger partial charge in [0.1, 0.15) is 0 Å². The van der Waals surface area contributed by atoms with Crippen molar-refractivity contribution >= 4 is 18.3 Å².